The molecule has 0 aliphatic heterocycles. The molecule has 1 aromatic carbocycles. The maximum absolute atomic E-state index is 12.0. The number of carbonyl (C=O) groups excluding carboxylic acids is 1. The van der Waals surface area contributed by atoms with Crippen LogP contribution in [0, 0.1) is 6.92 Å². The molecular formula is C16H20N2O2S. The number of rotatable bonds is 7. The third kappa shape index (κ3) is 4.65. The number of hydrogen-bond donors (Lipinski definition) is 1. The van der Waals surface area contributed by atoms with Gasteiger partial charge in [0.1, 0.15) is 4.88 Å². The highest BCUT2D eigenvalue weighted by Crippen LogP contribution is 2.19. The molecule has 0 unspecified atom stereocenters. The van der Waals surface area contributed by atoms with Crippen LogP contribution in [0.15, 0.2) is 30.3 Å². The van der Waals surface area contributed by atoms with Gasteiger partial charge in [-0.05, 0) is 18.9 Å². The Labute approximate surface area is 129 Å². The minimum absolute atomic E-state index is 0.0620. The zero-order valence-electron chi connectivity index (χ0n) is 12.4. The van der Waals surface area contributed by atoms with E-state index in [4.69, 9.17) is 4.74 Å². The Kier molecular flexibility index (Phi) is 5.90. The lowest BCUT2D eigenvalue weighted by molar-refractivity contribution is 0.0940. The van der Waals surface area contributed by atoms with Crippen LogP contribution in [0.2, 0.25) is 0 Å². The number of hydrogen-bond acceptors (Lipinski definition) is 4. The third-order valence-electron chi connectivity index (χ3n) is 3.11. The Morgan fingerprint density at radius 2 is 2.05 bits per heavy atom. The molecule has 0 aliphatic rings. The highest BCUT2D eigenvalue weighted by Gasteiger charge is 2.14. The van der Waals surface area contributed by atoms with Crippen LogP contribution in [0.5, 0.6) is 0 Å². The van der Waals surface area contributed by atoms with E-state index >= 15 is 0 Å². The van der Waals surface area contributed by atoms with E-state index in [1.807, 2.05) is 25.1 Å². The van der Waals surface area contributed by atoms with Gasteiger partial charge < -0.3 is 10.1 Å². The molecule has 21 heavy (non-hydrogen) atoms. The summed E-state index contributed by atoms with van der Waals surface area (Å²) in [7, 11) is 1.62. The molecule has 0 saturated carbocycles. The summed E-state index contributed by atoms with van der Waals surface area (Å²) in [5.41, 5.74) is 2.09. The second-order valence-corrected chi connectivity index (χ2v) is 5.84. The highest BCUT2D eigenvalue weighted by molar-refractivity contribution is 7.13. The molecule has 0 bridgehead atoms. The van der Waals surface area contributed by atoms with Crippen LogP contribution in [-0.2, 0) is 17.6 Å². The van der Waals surface area contributed by atoms with Crippen LogP contribution in [0.25, 0.3) is 0 Å². The van der Waals surface area contributed by atoms with Crippen LogP contribution >= 0.6 is 11.3 Å². The SMILES string of the molecule is COCCNC(=O)c1sc(CCc2ccccc2)nc1C. The molecule has 1 amide bonds. The standard InChI is InChI=1S/C16H20N2O2S/c1-12-15(16(19)17-10-11-20-2)21-14(18-12)9-8-13-6-4-3-5-7-13/h3-7H,8-11H2,1-2H3,(H,17,19). The zero-order chi connectivity index (χ0) is 15.1. The largest absolute Gasteiger partial charge is 0.383 e. The molecule has 1 N–H and O–H groups in total. The molecule has 112 valence electrons. The van der Waals surface area contributed by atoms with Crippen molar-refractivity contribution in [3.8, 4) is 0 Å². The first-order valence-electron chi connectivity index (χ1n) is 6.98. The minimum atomic E-state index is -0.0620. The lowest BCUT2D eigenvalue weighted by Gasteiger charge is -2.02. The van der Waals surface area contributed by atoms with Crippen LogP contribution in [-0.4, -0.2) is 31.2 Å². The van der Waals surface area contributed by atoms with E-state index in [1.165, 1.54) is 16.9 Å². The fraction of sp³-hybridized carbons (Fsp3) is 0.375. The zero-order valence-corrected chi connectivity index (χ0v) is 13.2. The smallest absolute Gasteiger partial charge is 0.263 e. The van der Waals surface area contributed by atoms with Gasteiger partial charge in [-0.2, -0.15) is 0 Å². The second-order valence-electron chi connectivity index (χ2n) is 4.76. The number of thiazole rings is 1. The average molecular weight is 304 g/mol. The average Bonchev–Trinajstić information content (AvgIpc) is 2.87. The van der Waals surface area contributed by atoms with Gasteiger partial charge in [-0.3, -0.25) is 4.79 Å². The molecule has 2 aromatic rings. The normalized spacial score (nSPS) is 10.6. The Hall–Kier alpha value is -1.72. The summed E-state index contributed by atoms with van der Waals surface area (Å²) < 4.78 is 4.92. The number of aryl methyl sites for hydroxylation is 3. The van der Waals surface area contributed by atoms with Gasteiger partial charge in [-0.25, -0.2) is 4.98 Å². The van der Waals surface area contributed by atoms with Crippen molar-refractivity contribution in [3.05, 3.63) is 51.5 Å². The molecule has 0 spiro atoms. The molecular weight excluding hydrogens is 284 g/mol. The van der Waals surface area contributed by atoms with Gasteiger partial charge in [-0.1, -0.05) is 30.3 Å². The molecule has 0 aliphatic carbocycles. The number of methoxy groups -OCH3 is 1. The molecule has 0 fully saturated rings. The van der Waals surface area contributed by atoms with Crippen molar-refractivity contribution >= 4 is 17.2 Å². The van der Waals surface area contributed by atoms with Gasteiger partial charge in [0.05, 0.1) is 17.3 Å². The van der Waals surface area contributed by atoms with E-state index in [-0.39, 0.29) is 5.91 Å². The Balaban J connectivity index is 1.94. The first-order valence-corrected chi connectivity index (χ1v) is 7.79. The van der Waals surface area contributed by atoms with Crippen LogP contribution < -0.4 is 5.32 Å². The van der Waals surface area contributed by atoms with Crippen molar-refractivity contribution in [1.29, 1.82) is 0 Å². The maximum Gasteiger partial charge on any atom is 0.263 e. The Bertz CT molecular complexity index is 581. The molecule has 1 heterocycles. The van der Waals surface area contributed by atoms with Crippen molar-refractivity contribution in [2.45, 2.75) is 19.8 Å². The predicted octanol–water partition coefficient (Wildman–Crippen LogP) is 2.61. The van der Waals surface area contributed by atoms with Gasteiger partial charge in [0.2, 0.25) is 0 Å². The summed E-state index contributed by atoms with van der Waals surface area (Å²) in [6, 6.07) is 10.3. The maximum atomic E-state index is 12.0. The molecule has 0 saturated heterocycles. The summed E-state index contributed by atoms with van der Waals surface area (Å²) in [5.74, 6) is -0.0620. The van der Waals surface area contributed by atoms with Crippen molar-refractivity contribution in [1.82, 2.24) is 10.3 Å². The van der Waals surface area contributed by atoms with Crippen LogP contribution in [0.3, 0.4) is 0 Å². The van der Waals surface area contributed by atoms with E-state index in [1.54, 1.807) is 7.11 Å². The summed E-state index contributed by atoms with van der Waals surface area (Å²) >= 11 is 1.48. The molecule has 0 atom stereocenters. The van der Waals surface area contributed by atoms with Crippen LogP contribution in [0.4, 0.5) is 0 Å². The number of amides is 1. The summed E-state index contributed by atoms with van der Waals surface area (Å²) in [4.78, 5) is 17.2. The number of nitrogens with one attached hydrogen (secondary N) is 1. The first-order chi connectivity index (χ1) is 10.2. The number of carbonyl (C=O) groups is 1. The minimum Gasteiger partial charge on any atom is -0.383 e. The third-order valence-corrected chi connectivity index (χ3v) is 4.33. The molecule has 0 radical (unpaired) electrons. The summed E-state index contributed by atoms with van der Waals surface area (Å²) in [6.45, 7) is 2.92. The monoisotopic (exact) mass is 304 g/mol. The van der Waals surface area contributed by atoms with E-state index < -0.39 is 0 Å². The predicted molar refractivity (Wildman–Crippen MR) is 84.9 cm³/mol. The van der Waals surface area contributed by atoms with Crippen molar-refractivity contribution in [3.63, 3.8) is 0 Å². The Morgan fingerprint density at radius 1 is 1.29 bits per heavy atom. The molecule has 4 nitrogen and oxygen atoms in total. The number of aromatic nitrogens is 1. The number of nitrogens with zero attached hydrogens (tertiary/aromatic N) is 1. The van der Waals surface area contributed by atoms with Gasteiger partial charge in [0.15, 0.2) is 0 Å². The van der Waals surface area contributed by atoms with Crippen molar-refractivity contribution < 1.29 is 9.53 Å². The van der Waals surface area contributed by atoms with Gasteiger partial charge in [-0.15, -0.1) is 11.3 Å². The number of benzene rings is 1. The van der Waals surface area contributed by atoms with E-state index in [0.717, 1.165) is 23.5 Å². The van der Waals surface area contributed by atoms with Crippen LogP contribution in [0.1, 0.15) is 25.9 Å². The molecule has 5 heteroatoms. The van der Waals surface area contributed by atoms with Gasteiger partial charge >= 0.3 is 0 Å². The topological polar surface area (TPSA) is 51.2 Å². The van der Waals surface area contributed by atoms with E-state index in [9.17, 15) is 4.79 Å². The lowest BCUT2D eigenvalue weighted by Crippen LogP contribution is -2.26. The van der Waals surface area contributed by atoms with Crippen molar-refractivity contribution in [2.24, 2.45) is 0 Å². The highest BCUT2D eigenvalue weighted by atomic mass is 32.1. The molecule has 2 rings (SSSR count). The molecule has 1 aromatic heterocycles. The second kappa shape index (κ2) is 7.90. The first kappa shape index (κ1) is 15.7. The Morgan fingerprint density at radius 3 is 2.76 bits per heavy atom. The summed E-state index contributed by atoms with van der Waals surface area (Å²) in [5, 5.41) is 3.84. The summed E-state index contributed by atoms with van der Waals surface area (Å²) in [6.07, 6.45) is 1.80. The fourth-order valence-electron chi connectivity index (χ4n) is 2.01. The van der Waals surface area contributed by atoms with Crippen molar-refractivity contribution in [2.75, 3.05) is 20.3 Å². The van der Waals surface area contributed by atoms with Gasteiger partial charge in [0, 0.05) is 20.1 Å². The van der Waals surface area contributed by atoms with Gasteiger partial charge in [0.25, 0.3) is 5.91 Å². The van der Waals surface area contributed by atoms with E-state index in [0.29, 0.717) is 18.0 Å². The quantitative estimate of drug-likeness (QED) is 0.800. The fourth-order valence-corrected chi connectivity index (χ4v) is 2.99. The lowest BCUT2D eigenvalue weighted by atomic mass is 10.1. The van der Waals surface area contributed by atoms with E-state index in [2.05, 4.69) is 22.4 Å². The number of ether oxygens (including phenoxy) is 1.